The molecule has 2 aromatic rings. The molecule has 2 atom stereocenters. The smallest absolute Gasteiger partial charge is 0.245 e. The summed E-state index contributed by atoms with van der Waals surface area (Å²) in [6.07, 6.45) is 2.83. The molecule has 1 amide bonds. The third-order valence-corrected chi connectivity index (χ3v) is 7.49. The number of thiophene rings is 1. The predicted octanol–water partition coefficient (Wildman–Crippen LogP) is 4.18. The van der Waals surface area contributed by atoms with E-state index in [4.69, 9.17) is 11.6 Å². The second-order valence-corrected chi connectivity index (χ2v) is 10.7. The van der Waals surface area contributed by atoms with Crippen LogP contribution in [0.15, 0.2) is 35.7 Å². The summed E-state index contributed by atoms with van der Waals surface area (Å²) in [5, 5.41) is 4.51. The van der Waals surface area contributed by atoms with E-state index in [0.717, 1.165) is 28.9 Å². The number of alkyl halides is 1. The summed E-state index contributed by atoms with van der Waals surface area (Å²) in [7, 11) is -3.74. The predicted molar refractivity (Wildman–Crippen MR) is 138 cm³/mol. The summed E-state index contributed by atoms with van der Waals surface area (Å²) in [6, 6.07) is 9.13. The molecule has 2 aliphatic heterocycles. The molecule has 0 bridgehead atoms. The first-order valence-corrected chi connectivity index (χ1v) is 14.7. The van der Waals surface area contributed by atoms with Gasteiger partial charge >= 0.3 is 0 Å². The fraction of sp³-hybridized carbons (Fsp3) is 0.381. The van der Waals surface area contributed by atoms with Crippen molar-refractivity contribution < 1.29 is 13.2 Å². The normalized spacial score (nSPS) is 21.2. The van der Waals surface area contributed by atoms with Gasteiger partial charge in [0.2, 0.25) is 15.9 Å². The molecule has 2 aliphatic rings. The molecular formula is C21H25ClIN3O3S2. The Bertz CT molecular complexity index is 1070. The number of carbonyl (C=O) groups is 1. The molecule has 0 radical (unpaired) electrons. The molecule has 3 heterocycles. The topological polar surface area (TPSA) is 78.5 Å². The van der Waals surface area contributed by atoms with Crippen LogP contribution in [0.3, 0.4) is 0 Å². The number of fused-ring (bicyclic) bond motifs is 1. The number of rotatable bonds is 5. The van der Waals surface area contributed by atoms with E-state index >= 15 is 0 Å². The number of nitrogens with zero attached hydrogens (tertiary/aromatic N) is 1. The summed E-state index contributed by atoms with van der Waals surface area (Å²) in [5.41, 5.74) is 3.31. The van der Waals surface area contributed by atoms with Crippen LogP contribution in [0.2, 0.25) is 4.34 Å². The van der Waals surface area contributed by atoms with Gasteiger partial charge in [-0.3, -0.25) is 4.79 Å². The van der Waals surface area contributed by atoms with Gasteiger partial charge in [0.25, 0.3) is 0 Å². The average molecular weight is 594 g/mol. The molecule has 1 aromatic carbocycles. The molecule has 1 fully saturated rings. The van der Waals surface area contributed by atoms with Gasteiger partial charge in [0.05, 0.1) is 4.34 Å². The zero-order valence-electron chi connectivity index (χ0n) is 17.3. The number of benzene rings is 1. The van der Waals surface area contributed by atoms with Crippen LogP contribution in [0.25, 0.3) is 6.08 Å². The van der Waals surface area contributed by atoms with Crippen molar-refractivity contribution in [2.45, 2.75) is 38.4 Å². The number of sulfonamides is 1. The first kappa shape index (κ1) is 24.7. The van der Waals surface area contributed by atoms with E-state index in [1.807, 2.05) is 17.1 Å². The average Bonchev–Trinajstić information content (AvgIpc) is 3.33. The Morgan fingerprint density at radius 3 is 2.74 bits per heavy atom. The van der Waals surface area contributed by atoms with E-state index < -0.39 is 16.1 Å². The minimum Gasteiger partial charge on any atom is -0.311 e. The molecule has 0 aliphatic carbocycles. The maximum atomic E-state index is 12.8. The second kappa shape index (κ2) is 10.8. The summed E-state index contributed by atoms with van der Waals surface area (Å²) >= 11 is 9.30. The van der Waals surface area contributed by atoms with E-state index in [-0.39, 0.29) is 5.91 Å². The minimum atomic E-state index is -3.74. The Morgan fingerprint density at radius 2 is 2.03 bits per heavy atom. The van der Waals surface area contributed by atoms with Gasteiger partial charge in [0.15, 0.2) is 0 Å². The molecule has 0 spiro atoms. The van der Waals surface area contributed by atoms with E-state index in [0.29, 0.717) is 23.3 Å². The van der Waals surface area contributed by atoms with Crippen LogP contribution >= 0.6 is 45.5 Å². The Labute approximate surface area is 206 Å². The highest BCUT2D eigenvalue weighted by Gasteiger charge is 2.35. The van der Waals surface area contributed by atoms with Crippen molar-refractivity contribution in [3.63, 3.8) is 0 Å². The lowest BCUT2D eigenvalue weighted by molar-refractivity contribution is -0.118. The van der Waals surface area contributed by atoms with E-state index in [9.17, 15) is 13.2 Å². The van der Waals surface area contributed by atoms with Crippen molar-refractivity contribution >= 4 is 73.2 Å². The van der Waals surface area contributed by atoms with Crippen LogP contribution in [-0.2, 0) is 27.8 Å². The van der Waals surface area contributed by atoms with Gasteiger partial charge in [-0.25, -0.2) is 8.42 Å². The molecule has 168 valence electrons. The maximum Gasteiger partial charge on any atom is 0.245 e. The molecule has 1 saturated heterocycles. The fourth-order valence-corrected chi connectivity index (χ4v) is 5.76. The molecule has 0 saturated carbocycles. The number of anilines is 1. The maximum absolute atomic E-state index is 12.8. The first-order valence-electron chi connectivity index (χ1n) is 9.81. The number of carbonyl (C=O) groups excluding carboxylic acids is 1. The van der Waals surface area contributed by atoms with Crippen molar-refractivity contribution in [3.05, 3.63) is 56.1 Å². The standard InChI is InChI=1S/C20H22ClN3O3S2.CH3I/c1-13-10-15-11-16(3-2-14(15)12-22-13)24-8-6-18(20(24)25)23-29(26,27)9-7-17-4-5-19(21)28-17;1-2/h2-5,7,9,11,13,18,22-23H,6,8,10,12H2,1H3;1H3/b9-7+;/t13?,18-;/m0./s1. The number of hydrogen-bond acceptors (Lipinski definition) is 5. The van der Waals surface area contributed by atoms with E-state index in [2.05, 4.69) is 45.6 Å². The number of hydrogen-bond donors (Lipinski definition) is 2. The minimum absolute atomic E-state index is 0.219. The molecule has 1 unspecified atom stereocenters. The molecule has 31 heavy (non-hydrogen) atoms. The second-order valence-electron chi connectivity index (χ2n) is 7.38. The Kier molecular flexibility index (Phi) is 8.56. The Hall–Kier alpha value is -0.980. The third-order valence-electron chi connectivity index (χ3n) is 5.19. The highest BCUT2D eigenvalue weighted by atomic mass is 127. The SMILES string of the molecule is CC1Cc2cc(N3CC[C@H](NS(=O)(=O)/C=C/c4ccc(Cl)s4)C3=O)ccc2CN1.CI. The van der Waals surface area contributed by atoms with Gasteiger partial charge in [0, 0.05) is 35.1 Å². The van der Waals surface area contributed by atoms with Gasteiger partial charge in [-0.2, -0.15) is 4.72 Å². The monoisotopic (exact) mass is 593 g/mol. The summed E-state index contributed by atoms with van der Waals surface area (Å²) in [5.74, 6) is -0.219. The number of nitrogens with one attached hydrogen (secondary N) is 2. The molecule has 10 heteroatoms. The van der Waals surface area contributed by atoms with Crippen LogP contribution in [0.5, 0.6) is 0 Å². The van der Waals surface area contributed by atoms with Crippen LogP contribution in [0, 0.1) is 0 Å². The van der Waals surface area contributed by atoms with Crippen LogP contribution in [-0.4, -0.2) is 37.9 Å². The number of halogens is 2. The van der Waals surface area contributed by atoms with Gasteiger partial charge in [-0.05, 0) is 66.2 Å². The fourth-order valence-electron chi connectivity index (χ4n) is 3.69. The first-order chi connectivity index (χ1) is 14.8. The highest BCUT2D eigenvalue weighted by molar-refractivity contribution is 14.1. The molecule has 4 rings (SSSR count). The van der Waals surface area contributed by atoms with Crippen molar-refractivity contribution in [2.75, 3.05) is 16.4 Å². The van der Waals surface area contributed by atoms with Gasteiger partial charge < -0.3 is 10.2 Å². The van der Waals surface area contributed by atoms with E-state index in [1.165, 1.54) is 28.5 Å². The Balaban J connectivity index is 0.00000132. The van der Waals surface area contributed by atoms with Gasteiger partial charge in [-0.1, -0.05) is 40.3 Å². The molecule has 6 nitrogen and oxygen atoms in total. The lowest BCUT2D eigenvalue weighted by Crippen LogP contribution is -2.40. The van der Waals surface area contributed by atoms with Crippen LogP contribution in [0.4, 0.5) is 5.69 Å². The molecule has 2 N–H and O–H groups in total. The Morgan fingerprint density at radius 1 is 1.26 bits per heavy atom. The summed E-state index contributed by atoms with van der Waals surface area (Å²) in [4.78, 5) is 17.2. The molecular weight excluding hydrogens is 569 g/mol. The largest absolute Gasteiger partial charge is 0.311 e. The number of amides is 1. The van der Waals surface area contributed by atoms with Crippen molar-refractivity contribution in [1.29, 1.82) is 0 Å². The van der Waals surface area contributed by atoms with Crippen LogP contribution in [0.1, 0.15) is 29.3 Å². The van der Waals surface area contributed by atoms with Crippen molar-refractivity contribution in [2.24, 2.45) is 0 Å². The highest BCUT2D eigenvalue weighted by Crippen LogP contribution is 2.27. The quantitative estimate of drug-likeness (QED) is 0.403. The summed E-state index contributed by atoms with van der Waals surface area (Å²) < 4.78 is 27.9. The van der Waals surface area contributed by atoms with Crippen molar-refractivity contribution in [3.8, 4) is 0 Å². The van der Waals surface area contributed by atoms with Crippen LogP contribution < -0.4 is 14.9 Å². The van der Waals surface area contributed by atoms with Gasteiger partial charge in [-0.15, -0.1) is 11.3 Å². The zero-order valence-corrected chi connectivity index (χ0v) is 21.8. The molecule has 1 aromatic heterocycles. The zero-order chi connectivity index (χ0) is 22.6. The lowest BCUT2D eigenvalue weighted by atomic mass is 9.96. The third kappa shape index (κ3) is 6.29. The summed E-state index contributed by atoms with van der Waals surface area (Å²) in [6.45, 7) is 3.46. The van der Waals surface area contributed by atoms with Crippen molar-refractivity contribution in [1.82, 2.24) is 10.0 Å². The van der Waals surface area contributed by atoms with Gasteiger partial charge in [0.1, 0.15) is 6.04 Å². The lowest BCUT2D eigenvalue weighted by Gasteiger charge is -2.25. The van der Waals surface area contributed by atoms with E-state index in [1.54, 1.807) is 17.0 Å².